The lowest BCUT2D eigenvalue weighted by molar-refractivity contribution is -0.000309. The van der Waals surface area contributed by atoms with E-state index in [0.29, 0.717) is 11.1 Å². The highest BCUT2D eigenvalue weighted by Crippen LogP contribution is 2.30. The van der Waals surface area contributed by atoms with Crippen molar-refractivity contribution in [2.45, 2.75) is 58.5 Å². The minimum absolute atomic E-state index is 0.489. The SMILES string of the molecule is CC1CC(C)CC(OCCCCC(N)=S)C1. The molecule has 2 nitrogen and oxygen atoms in total. The molecule has 0 aromatic rings. The van der Waals surface area contributed by atoms with Gasteiger partial charge in [0.25, 0.3) is 0 Å². The Hall–Kier alpha value is -0.150. The molecule has 1 saturated carbocycles. The van der Waals surface area contributed by atoms with Crippen molar-refractivity contribution in [3.8, 4) is 0 Å². The second kappa shape index (κ2) is 7.23. The Balaban J connectivity index is 2.06. The zero-order valence-electron chi connectivity index (χ0n) is 10.6. The van der Waals surface area contributed by atoms with E-state index in [9.17, 15) is 0 Å². The van der Waals surface area contributed by atoms with Crippen LogP contribution in [-0.2, 0) is 4.74 Å². The zero-order valence-corrected chi connectivity index (χ0v) is 11.4. The normalized spacial score (nSPS) is 30.2. The molecule has 0 radical (unpaired) electrons. The smallest absolute Gasteiger partial charge is 0.0727 e. The average Bonchev–Trinajstić information content (AvgIpc) is 2.15. The Morgan fingerprint density at radius 2 is 1.81 bits per heavy atom. The fourth-order valence-electron chi connectivity index (χ4n) is 2.66. The summed E-state index contributed by atoms with van der Waals surface area (Å²) in [6.45, 7) is 5.53. The number of hydrogen-bond donors (Lipinski definition) is 1. The van der Waals surface area contributed by atoms with Gasteiger partial charge in [-0.3, -0.25) is 0 Å². The fraction of sp³-hybridized carbons (Fsp3) is 0.923. The van der Waals surface area contributed by atoms with Crippen LogP contribution in [-0.4, -0.2) is 17.7 Å². The molecule has 16 heavy (non-hydrogen) atoms. The highest BCUT2D eigenvalue weighted by atomic mass is 32.1. The number of unbranched alkanes of at least 4 members (excludes halogenated alkanes) is 1. The number of rotatable bonds is 6. The van der Waals surface area contributed by atoms with Crippen LogP contribution in [0.5, 0.6) is 0 Å². The van der Waals surface area contributed by atoms with E-state index in [-0.39, 0.29) is 0 Å². The first-order valence-corrected chi connectivity index (χ1v) is 6.88. The fourth-order valence-corrected chi connectivity index (χ4v) is 2.80. The molecular weight excluding hydrogens is 218 g/mol. The molecule has 0 saturated heterocycles. The van der Waals surface area contributed by atoms with Gasteiger partial charge in [-0.1, -0.05) is 26.1 Å². The Morgan fingerprint density at radius 3 is 2.38 bits per heavy atom. The van der Waals surface area contributed by atoms with Crippen LogP contribution in [0, 0.1) is 11.8 Å². The maximum Gasteiger partial charge on any atom is 0.0727 e. The third kappa shape index (κ3) is 5.80. The third-order valence-electron chi connectivity index (χ3n) is 3.31. The Kier molecular flexibility index (Phi) is 6.29. The Bertz CT molecular complexity index is 210. The van der Waals surface area contributed by atoms with Gasteiger partial charge in [-0.25, -0.2) is 0 Å². The van der Waals surface area contributed by atoms with Crippen LogP contribution >= 0.6 is 12.2 Å². The minimum Gasteiger partial charge on any atom is -0.393 e. The van der Waals surface area contributed by atoms with Crippen molar-refractivity contribution in [1.82, 2.24) is 0 Å². The second-order valence-electron chi connectivity index (χ2n) is 5.33. The van der Waals surface area contributed by atoms with Crippen molar-refractivity contribution in [3.63, 3.8) is 0 Å². The quantitative estimate of drug-likeness (QED) is 0.574. The van der Waals surface area contributed by atoms with Gasteiger partial charge in [0.05, 0.1) is 11.1 Å². The predicted octanol–water partition coefficient (Wildman–Crippen LogP) is 3.28. The van der Waals surface area contributed by atoms with Crippen LogP contribution in [0.1, 0.15) is 52.4 Å². The summed E-state index contributed by atoms with van der Waals surface area (Å²) in [6.07, 6.45) is 7.32. The first kappa shape index (κ1) is 13.9. The van der Waals surface area contributed by atoms with Gasteiger partial charge < -0.3 is 10.5 Å². The van der Waals surface area contributed by atoms with Gasteiger partial charge in [-0.05, 0) is 50.4 Å². The molecule has 1 rings (SSSR count). The predicted molar refractivity (Wildman–Crippen MR) is 72.6 cm³/mol. The summed E-state index contributed by atoms with van der Waals surface area (Å²) in [5, 5.41) is 0. The molecule has 0 aromatic heterocycles. The molecule has 2 atom stereocenters. The van der Waals surface area contributed by atoms with E-state index in [1.54, 1.807) is 0 Å². The van der Waals surface area contributed by atoms with Crippen molar-refractivity contribution < 1.29 is 4.74 Å². The van der Waals surface area contributed by atoms with Crippen molar-refractivity contribution >= 4 is 17.2 Å². The molecule has 0 spiro atoms. The molecule has 1 aliphatic rings. The molecule has 0 aromatic carbocycles. The Labute approximate surface area is 105 Å². The molecule has 0 bridgehead atoms. The van der Waals surface area contributed by atoms with Crippen LogP contribution in [0.25, 0.3) is 0 Å². The molecule has 3 heteroatoms. The molecule has 1 fully saturated rings. The first-order chi connectivity index (χ1) is 7.58. The van der Waals surface area contributed by atoms with E-state index in [2.05, 4.69) is 13.8 Å². The van der Waals surface area contributed by atoms with Crippen LogP contribution in [0.15, 0.2) is 0 Å². The van der Waals surface area contributed by atoms with E-state index < -0.39 is 0 Å². The van der Waals surface area contributed by atoms with Crippen LogP contribution in [0.2, 0.25) is 0 Å². The van der Waals surface area contributed by atoms with Gasteiger partial charge in [0.15, 0.2) is 0 Å². The number of hydrogen-bond acceptors (Lipinski definition) is 2. The van der Waals surface area contributed by atoms with Gasteiger partial charge in [-0.15, -0.1) is 0 Å². The van der Waals surface area contributed by atoms with E-state index >= 15 is 0 Å². The second-order valence-corrected chi connectivity index (χ2v) is 5.86. The maximum absolute atomic E-state index is 5.92. The van der Waals surface area contributed by atoms with Crippen LogP contribution in [0.3, 0.4) is 0 Å². The number of nitrogens with two attached hydrogens (primary N) is 1. The molecule has 94 valence electrons. The highest BCUT2D eigenvalue weighted by molar-refractivity contribution is 7.80. The van der Waals surface area contributed by atoms with E-state index in [0.717, 1.165) is 37.7 Å². The van der Waals surface area contributed by atoms with Gasteiger partial charge in [0.1, 0.15) is 0 Å². The summed E-state index contributed by atoms with van der Waals surface area (Å²) in [5.41, 5.74) is 5.44. The largest absolute Gasteiger partial charge is 0.393 e. The van der Waals surface area contributed by atoms with Crippen molar-refractivity contribution in [1.29, 1.82) is 0 Å². The molecule has 0 heterocycles. The molecule has 0 aliphatic heterocycles. The van der Waals surface area contributed by atoms with Crippen molar-refractivity contribution in [2.24, 2.45) is 17.6 Å². The number of ether oxygens (including phenoxy) is 1. The molecule has 1 aliphatic carbocycles. The number of thiocarbonyl (C=S) groups is 1. The standard InChI is InChI=1S/C13H25NOS/c1-10-7-11(2)9-12(8-10)15-6-4-3-5-13(14)16/h10-12H,3-9H2,1-2H3,(H2,14,16). The summed E-state index contributed by atoms with van der Waals surface area (Å²) in [4.78, 5) is 0.625. The molecular formula is C13H25NOS. The molecule has 2 unspecified atom stereocenters. The highest BCUT2D eigenvalue weighted by Gasteiger charge is 2.23. The maximum atomic E-state index is 5.92. The van der Waals surface area contributed by atoms with Crippen LogP contribution in [0.4, 0.5) is 0 Å². The summed E-state index contributed by atoms with van der Waals surface area (Å²) < 4.78 is 5.92. The monoisotopic (exact) mass is 243 g/mol. The van der Waals surface area contributed by atoms with Gasteiger partial charge in [-0.2, -0.15) is 0 Å². The minimum atomic E-state index is 0.489. The van der Waals surface area contributed by atoms with Crippen LogP contribution < -0.4 is 5.73 Å². The topological polar surface area (TPSA) is 35.2 Å². The van der Waals surface area contributed by atoms with Gasteiger partial charge in [0.2, 0.25) is 0 Å². The summed E-state index contributed by atoms with van der Waals surface area (Å²) in [6, 6.07) is 0. The summed E-state index contributed by atoms with van der Waals surface area (Å²) >= 11 is 4.84. The zero-order chi connectivity index (χ0) is 12.0. The average molecular weight is 243 g/mol. The van der Waals surface area contributed by atoms with E-state index in [1.165, 1.54) is 19.3 Å². The lowest BCUT2D eigenvalue weighted by Gasteiger charge is -2.31. The lowest BCUT2D eigenvalue weighted by atomic mass is 9.82. The molecule has 2 N–H and O–H groups in total. The first-order valence-electron chi connectivity index (χ1n) is 6.47. The van der Waals surface area contributed by atoms with Crippen molar-refractivity contribution in [2.75, 3.05) is 6.61 Å². The Morgan fingerprint density at radius 1 is 1.19 bits per heavy atom. The van der Waals surface area contributed by atoms with Crippen molar-refractivity contribution in [3.05, 3.63) is 0 Å². The van der Waals surface area contributed by atoms with Gasteiger partial charge >= 0.3 is 0 Å². The van der Waals surface area contributed by atoms with Gasteiger partial charge in [0, 0.05) is 6.61 Å². The summed E-state index contributed by atoms with van der Waals surface area (Å²) in [5.74, 6) is 1.65. The van der Waals surface area contributed by atoms with E-state index in [4.69, 9.17) is 22.7 Å². The molecule has 0 amide bonds. The summed E-state index contributed by atoms with van der Waals surface area (Å²) in [7, 11) is 0. The van der Waals surface area contributed by atoms with E-state index in [1.807, 2.05) is 0 Å². The lowest BCUT2D eigenvalue weighted by Crippen LogP contribution is -2.26. The third-order valence-corrected chi connectivity index (χ3v) is 3.51.